The summed E-state index contributed by atoms with van der Waals surface area (Å²) in [6.07, 6.45) is 5.45. The third-order valence-corrected chi connectivity index (χ3v) is 4.83. The largest absolute Gasteiger partial charge is 0.370 e. The molecule has 0 saturated heterocycles. The predicted octanol–water partition coefficient (Wildman–Crippen LogP) is 3.80. The number of nitrogens with one attached hydrogen (secondary N) is 1. The van der Waals surface area contributed by atoms with Crippen molar-refractivity contribution in [1.29, 1.82) is 0 Å². The minimum absolute atomic E-state index is 0.266. The first-order valence-electron chi connectivity index (χ1n) is 7.14. The predicted molar refractivity (Wildman–Crippen MR) is 79.6 cm³/mol. The van der Waals surface area contributed by atoms with E-state index in [1.807, 2.05) is 0 Å². The van der Waals surface area contributed by atoms with Crippen LogP contribution in [0.1, 0.15) is 58.7 Å². The number of ether oxygens (including phenoxy) is 1. The molecule has 1 aromatic heterocycles. The molecule has 0 unspecified atom stereocenters. The van der Waals surface area contributed by atoms with Crippen molar-refractivity contribution >= 4 is 16.7 Å². The summed E-state index contributed by atoms with van der Waals surface area (Å²) in [4.78, 5) is 4.63. The van der Waals surface area contributed by atoms with E-state index < -0.39 is 0 Å². The van der Waals surface area contributed by atoms with E-state index in [-0.39, 0.29) is 5.60 Å². The van der Waals surface area contributed by atoms with E-state index in [1.54, 1.807) is 7.11 Å². The second-order valence-corrected chi connectivity index (χ2v) is 6.96. The molecular formula is C14H25N3OS. The molecule has 0 amide bonds. The fraction of sp³-hybridized carbons (Fsp3) is 0.857. The van der Waals surface area contributed by atoms with Gasteiger partial charge in [-0.3, -0.25) is 0 Å². The molecule has 0 aromatic carbocycles. The van der Waals surface area contributed by atoms with Crippen LogP contribution in [0.2, 0.25) is 0 Å². The third-order valence-electron chi connectivity index (χ3n) is 4.16. The average molecular weight is 283 g/mol. The van der Waals surface area contributed by atoms with Crippen molar-refractivity contribution in [2.75, 3.05) is 19.0 Å². The van der Waals surface area contributed by atoms with Gasteiger partial charge in [-0.05, 0) is 37.5 Å². The molecule has 1 aromatic rings. The van der Waals surface area contributed by atoms with Gasteiger partial charge in [-0.15, -0.1) is 0 Å². The molecule has 1 fully saturated rings. The highest BCUT2D eigenvalue weighted by molar-refractivity contribution is 7.09. The van der Waals surface area contributed by atoms with Crippen molar-refractivity contribution in [3.05, 3.63) is 5.82 Å². The summed E-state index contributed by atoms with van der Waals surface area (Å²) in [5, 5.41) is 4.22. The van der Waals surface area contributed by atoms with Gasteiger partial charge >= 0.3 is 0 Å². The number of nitrogens with zero attached hydrogens (tertiary/aromatic N) is 2. The molecule has 108 valence electrons. The molecule has 4 nitrogen and oxygen atoms in total. The van der Waals surface area contributed by atoms with Crippen molar-refractivity contribution in [2.45, 2.75) is 58.5 Å². The zero-order chi connectivity index (χ0) is 13.9. The Morgan fingerprint density at radius 2 is 1.95 bits per heavy atom. The van der Waals surface area contributed by atoms with E-state index in [9.17, 15) is 0 Å². The van der Waals surface area contributed by atoms with Gasteiger partial charge in [0, 0.05) is 25.2 Å². The van der Waals surface area contributed by atoms with Gasteiger partial charge in [0.25, 0.3) is 0 Å². The van der Waals surface area contributed by atoms with Crippen LogP contribution in [0, 0.1) is 5.41 Å². The summed E-state index contributed by atoms with van der Waals surface area (Å²) in [7, 11) is 1.79. The quantitative estimate of drug-likeness (QED) is 0.893. The van der Waals surface area contributed by atoms with Crippen molar-refractivity contribution in [2.24, 2.45) is 5.41 Å². The van der Waals surface area contributed by atoms with E-state index in [0.717, 1.165) is 49.6 Å². The molecule has 0 radical (unpaired) electrons. The topological polar surface area (TPSA) is 47.0 Å². The molecule has 2 rings (SSSR count). The van der Waals surface area contributed by atoms with Crippen LogP contribution in [0.15, 0.2) is 0 Å². The summed E-state index contributed by atoms with van der Waals surface area (Å²) in [5.74, 6) is 0.870. The monoisotopic (exact) mass is 283 g/mol. The van der Waals surface area contributed by atoms with Gasteiger partial charge in [0.15, 0.2) is 5.82 Å². The minimum atomic E-state index is -0.266. The van der Waals surface area contributed by atoms with Crippen LogP contribution in [-0.2, 0) is 10.3 Å². The first-order valence-corrected chi connectivity index (χ1v) is 7.92. The number of methoxy groups -OCH3 is 1. The fourth-order valence-electron chi connectivity index (χ4n) is 2.56. The van der Waals surface area contributed by atoms with Crippen LogP contribution < -0.4 is 5.32 Å². The highest BCUT2D eigenvalue weighted by Crippen LogP contribution is 2.46. The summed E-state index contributed by atoms with van der Waals surface area (Å²) in [6, 6.07) is 0. The maximum absolute atomic E-state index is 5.83. The first kappa shape index (κ1) is 14.7. The van der Waals surface area contributed by atoms with Crippen LogP contribution in [0.3, 0.4) is 0 Å². The Labute approximate surface area is 120 Å². The van der Waals surface area contributed by atoms with Crippen LogP contribution >= 0.6 is 11.5 Å². The average Bonchev–Trinajstić information content (AvgIpc) is 2.86. The van der Waals surface area contributed by atoms with Gasteiger partial charge in [0.05, 0.1) is 0 Å². The lowest BCUT2D eigenvalue weighted by atomic mass is 9.70. The van der Waals surface area contributed by atoms with Gasteiger partial charge in [-0.2, -0.15) is 4.37 Å². The second-order valence-electron chi connectivity index (χ2n) is 6.21. The van der Waals surface area contributed by atoms with Crippen molar-refractivity contribution in [3.63, 3.8) is 0 Å². The van der Waals surface area contributed by atoms with Crippen LogP contribution in [0.4, 0.5) is 5.13 Å². The zero-order valence-corrected chi connectivity index (χ0v) is 13.3. The molecule has 1 aliphatic rings. The minimum Gasteiger partial charge on any atom is -0.370 e. The smallest absolute Gasteiger partial charge is 0.202 e. The highest BCUT2D eigenvalue weighted by Gasteiger charge is 2.42. The number of rotatable bonds is 5. The normalized spacial score (nSPS) is 21.3. The standard InChI is InChI=1S/C14H25N3OS/c1-5-10-15-12-16-11(17-19-12)14(18-4)8-6-13(2,3)7-9-14/h5-10H2,1-4H3,(H,15,16,17). The Balaban J connectivity index is 2.11. The number of hydrogen-bond donors (Lipinski definition) is 1. The lowest BCUT2D eigenvalue weighted by Gasteiger charge is -2.40. The van der Waals surface area contributed by atoms with Gasteiger partial charge in [0.1, 0.15) is 5.60 Å². The van der Waals surface area contributed by atoms with Crippen LogP contribution in [0.25, 0.3) is 0 Å². The molecule has 1 aliphatic carbocycles. The van der Waals surface area contributed by atoms with E-state index in [4.69, 9.17) is 4.74 Å². The third kappa shape index (κ3) is 3.26. The Kier molecular flexibility index (Phi) is 4.46. The molecule has 0 atom stereocenters. The summed E-state index contributed by atoms with van der Waals surface area (Å²) in [5.41, 5.74) is 0.152. The maximum atomic E-state index is 5.83. The molecule has 1 saturated carbocycles. The molecule has 0 spiro atoms. The fourth-order valence-corrected chi connectivity index (χ4v) is 3.24. The Bertz CT molecular complexity index is 407. The van der Waals surface area contributed by atoms with Crippen molar-refractivity contribution < 1.29 is 4.74 Å². The van der Waals surface area contributed by atoms with E-state index in [1.165, 1.54) is 11.5 Å². The lowest BCUT2D eigenvalue weighted by molar-refractivity contribution is -0.0720. The Hall–Kier alpha value is -0.680. The summed E-state index contributed by atoms with van der Waals surface area (Å²) in [6.45, 7) is 7.75. The maximum Gasteiger partial charge on any atom is 0.202 e. The SMILES string of the molecule is CCCNc1nc(C2(OC)CCC(C)(C)CC2)ns1. The molecule has 19 heavy (non-hydrogen) atoms. The molecular weight excluding hydrogens is 258 g/mol. The highest BCUT2D eigenvalue weighted by atomic mass is 32.1. The Morgan fingerprint density at radius 1 is 1.26 bits per heavy atom. The van der Waals surface area contributed by atoms with Gasteiger partial charge in [-0.25, -0.2) is 4.98 Å². The van der Waals surface area contributed by atoms with Crippen LogP contribution in [0.5, 0.6) is 0 Å². The number of aromatic nitrogens is 2. The van der Waals surface area contributed by atoms with Gasteiger partial charge in [-0.1, -0.05) is 20.8 Å². The lowest BCUT2D eigenvalue weighted by Crippen LogP contribution is -2.37. The van der Waals surface area contributed by atoms with Crippen molar-refractivity contribution in [3.8, 4) is 0 Å². The Morgan fingerprint density at radius 3 is 2.53 bits per heavy atom. The van der Waals surface area contributed by atoms with E-state index >= 15 is 0 Å². The summed E-state index contributed by atoms with van der Waals surface area (Å²) >= 11 is 1.44. The number of hydrogen-bond acceptors (Lipinski definition) is 5. The molecule has 5 heteroatoms. The molecule has 1 heterocycles. The van der Waals surface area contributed by atoms with E-state index in [0.29, 0.717) is 5.41 Å². The molecule has 0 bridgehead atoms. The van der Waals surface area contributed by atoms with Gasteiger partial charge < -0.3 is 10.1 Å². The van der Waals surface area contributed by atoms with E-state index in [2.05, 4.69) is 35.4 Å². The first-order chi connectivity index (χ1) is 9.01. The zero-order valence-electron chi connectivity index (χ0n) is 12.5. The van der Waals surface area contributed by atoms with Gasteiger partial charge in [0.2, 0.25) is 5.13 Å². The molecule has 1 N–H and O–H groups in total. The molecule has 0 aliphatic heterocycles. The van der Waals surface area contributed by atoms with Crippen LogP contribution in [-0.4, -0.2) is 23.0 Å². The number of anilines is 1. The summed E-state index contributed by atoms with van der Waals surface area (Å²) < 4.78 is 10.4. The second kappa shape index (κ2) is 5.75. The van der Waals surface area contributed by atoms with Crippen molar-refractivity contribution in [1.82, 2.24) is 9.36 Å².